The molecule has 0 radical (unpaired) electrons. The summed E-state index contributed by atoms with van der Waals surface area (Å²) in [5.41, 5.74) is 0.512. The third-order valence-electron chi connectivity index (χ3n) is 4.35. The van der Waals surface area contributed by atoms with E-state index >= 15 is 0 Å². The molecule has 1 atom stereocenters. The molecule has 2 heterocycles. The number of rotatable bonds is 2. The molecule has 2 aliphatic heterocycles. The van der Waals surface area contributed by atoms with Crippen molar-refractivity contribution >= 4 is 16.9 Å². The summed E-state index contributed by atoms with van der Waals surface area (Å²) in [6.07, 6.45) is 7.13. The van der Waals surface area contributed by atoms with Crippen LogP contribution in [0.2, 0.25) is 0 Å². The molecule has 3 aliphatic rings. The average molecular weight is 284 g/mol. The van der Waals surface area contributed by atoms with E-state index in [1.54, 1.807) is 0 Å². The maximum absolute atomic E-state index is 5.63. The van der Waals surface area contributed by atoms with Gasteiger partial charge in [0.15, 0.2) is 5.17 Å². The van der Waals surface area contributed by atoms with Gasteiger partial charge in [0.25, 0.3) is 0 Å². The minimum absolute atomic E-state index is 0.183. The first kappa shape index (κ1) is 13.7. The fraction of sp³-hybridized carbons (Fsp3) is 0.929. The molecule has 2 fully saturated rings. The van der Waals surface area contributed by atoms with E-state index in [2.05, 4.69) is 5.32 Å². The van der Waals surface area contributed by atoms with Crippen LogP contribution in [0.3, 0.4) is 0 Å². The van der Waals surface area contributed by atoms with Gasteiger partial charge in [-0.1, -0.05) is 31.0 Å². The smallest absolute Gasteiger partial charge is 0.156 e. The van der Waals surface area contributed by atoms with Crippen molar-refractivity contribution in [2.75, 3.05) is 38.7 Å². The summed E-state index contributed by atoms with van der Waals surface area (Å²) in [5.74, 6) is 1.24. The van der Waals surface area contributed by atoms with Crippen molar-refractivity contribution in [3.05, 3.63) is 0 Å². The molecule has 19 heavy (non-hydrogen) atoms. The van der Waals surface area contributed by atoms with Gasteiger partial charge in [0, 0.05) is 18.8 Å². The van der Waals surface area contributed by atoms with Gasteiger partial charge < -0.3 is 14.8 Å². The molecule has 1 N–H and O–H groups in total. The van der Waals surface area contributed by atoms with Gasteiger partial charge in [-0.2, -0.15) is 0 Å². The van der Waals surface area contributed by atoms with E-state index in [-0.39, 0.29) is 6.10 Å². The molecule has 3 rings (SSSR count). The third kappa shape index (κ3) is 3.64. The summed E-state index contributed by atoms with van der Waals surface area (Å²) < 4.78 is 11.0. The van der Waals surface area contributed by atoms with Crippen LogP contribution < -0.4 is 5.32 Å². The lowest BCUT2D eigenvalue weighted by atomic mass is 9.75. The molecule has 0 aromatic rings. The molecule has 0 aromatic heterocycles. The molecule has 0 bridgehead atoms. The summed E-state index contributed by atoms with van der Waals surface area (Å²) in [6, 6.07) is 0. The molecule has 1 spiro atoms. The summed E-state index contributed by atoms with van der Waals surface area (Å²) in [7, 11) is 0. The van der Waals surface area contributed by atoms with E-state index in [0.717, 1.165) is 31.5 Å². The maximum atomic E-state index is 5.63. The van der Waals surface area contributed by atoms with Gasteiger partial charge in [-0.3, -0.25) is 4.99 Å². The quantitative estimate of drug-likeness (QED) is 0.843. The second-order valence-corrected chi connectivity index (χ2v) is 6.88. The normalized spacial score (nSPS) is 30.9. The molecular weight excluding hydrogens is 260 g/mol. The summed E-state index contributed by atoms with van der Waals surface area (Å²) in [4.78, 5) is 4.76. The Balaban J connectivity index is 1.45. The van der Waals surface area contributed by atoms with E-state index in [1.807, 2.05) is 11.8 Å². The molecule has 1 saturated heterocycles. The zero-order chi connectivity index (χ0) is 13.0. The van der Waals surface area contributed by atoms with Crippen molar-refractivity contribution in [2.45, 2.75) is 38.2 Å². The Hall–Kier alpha value is -0.260. The Bertz CT molecular complexity index is 323. The van der Waals surface area contributed by atoms with Crippen LogP contribution in [-0.2, 0) is 9.47 Å². The minimum Gasteiger partial charge on any atom is -0.376 e. The standard InChI is InChI=1S/C14H24N2O2S/c1-2-4-14(5-3-1)10-16-13(19-11-14)15-8-12-9-17-6-7-18-12/h12H,1-11H2,(H,15,16). The molecule has 108 valence electrons. The van der Waals surface area contributed by atoms with Crippen molar-refractivity contribution in [1.29, 1.82) is 0 Å². The van der Waals surface area contributed by atoms with E-state index in [9.17, 15) is 0 Å². The number of thioether (sulfide) groups is 1. The van der Waals surface area contributed by atoms with Crippen LogP contribution in [-0.4, -0.2) is 49.9 Å². The highest BCUT2D eigenvalue weighted by molar-refractivity contribution is 8.13. The Morgan fingerprint density at radius 1 is 1.26 bits per heavy atom. The van der Waals surface area contributed by atoms with Gasteiger partial charge in [0.2, 0.25) is 0 Å². The molecule has 0 aromatic carbocycles. The molecular formula is C14H24N2O2S. The summed E-state index contributed by atoms with van der Waals surface area (Å²) in [5, 5.41) is 4.52. The molecule has 0 amide bonds. The van der Waals surface area contributed by atoms with Gasteiger partial charge in [0.05, 0.1) is 25.9 Å². The van der Waals surface area contributed by atoms with Crippen LogP contribution in [0, 0.1) is 5.41 Å². The summed E-state index contributed by atoms with van der Waals surface area (Å²) >= 11 is 1.90. The van der Waals surface area contributed by atoms with Crippen LogP contribution in [0.4, 0.5) is 0 Å². The van der Waals surface area contributed by atoms with Crippen molar-refractivity contribution in [2.24, 2.45) is 10.4 Å². The lowest BCUT2D eigenvalue weighted by Crippen LogP contribution is -2.42. The predicted molar refractivity (Wildman–Crippen MR) is 78.8 cm³/mol. The minimum atomic E-state index is 0.183. The Morgan fingerprint density at radius 2 is 2.16 bits per heavy atom. The number of hydrogen-bond donors (Lipinski definition) is 1. The maximum Gasteiger partial charge on any atom is 0.156 e. The second kappa shape index (κ2) is 6.46. The monoisotopic (exact) mass is 284 g/mol. The first-order valence-electron chi connectivity index (χ1n) is 7.47. The van der Waals surface area contributed by atoms with Crippen LogP contribution in [0.1, 0.15) is 32.1 Å². The largest absolute Gasteiger partial charge is 0.376 e. The average Bonchev–Trinajstić information content (AvgIpc) is 2.49. The Labute approximate surface area is 119 Å². The lowest BCUT2D eigenvalue weighted by Gasteiger charge is -2.38. The van der Waals surface area contributed by atoms with Gasteiger partial charge in [-0.15, -0.1) is 0 Å². The van der Waals surface area contributed by atoms with Crippen LogP contribution >= 0.6 is 11.8 Å². The molecule has 5 heteroatoms. The number of hydrogen-bond acceptors (Lipinski definition) is 5. The first-order valence-corrected chi connectivity index (χ1v) is 8.45. The van der Waals surface area contributed by atoms with Gasteiger partial charge in [-0.25, -0.2) is 0 Å². The predicted octanol–water partition coefficient (Wildman–Crippen LogP) is 2.04. The summed E-state index contributed by atoms with van der Waals surface area (Å²) in [6.45, 7) is 3.99. The molecule has 1 unspecified atom stereocenters. The highest BCUT2D eigenvalue weighted by Gasteiger charge is 2.34. The van der Waals surface area contributed by atoms with Gasteiger partial charge >= 0.3 is 0 Å². The van der Waals surface area contributed by atoms with Crippen molar-refractivity contribution in [1.82, 2.24) is 5.32 Å². The van der Waals surface area contributed by atoms with Crippen LogP contribution in [0.25, 0.3) is 0 Å². The molecule has 4 nitrogen and oxygen atoms in total. The zero-order valence-electron chi connectivity index (χ0n) is 11.5. The van der Waals surface area contributed by atoms with E-state index < -0.39 is 0 Å². The number of ether oxygens (including phenoxy) is 2. The number of nitrogens with zero attached hydrogens (tertiary/aromatic N) is 1. The van der Waals surface area contributed by atoms with E-state index in [0.29, 0.717) is 12.0 Å². The molecule has 1 saturated carbocycles. The third-order valence-corrected chi connectivity index (χ3v) is 5.66. The van der Waals surface area contributed by atoms with Crippen molar-refractivity contribution < 1.29 is 9.47 Å². The molecule has 1 aliphatic carbocycles. The van der Waals surface area contributed by atoms with Gasteiger partial charge in [-0.05, 0) is 18.3 Å². The topological polar surface area (TPSA) is 42.9 Å². The highest BCUT2D eigenvalue weighted by Crippen LogP contribution is 2.41. The van der Waals surface area contributed by atoms with Crippen LogP contribution in [0.5, 0.6) is 0 Å². The van der Waals surface area contributed by atoms with E-state index in [1.165, 1.54) is 37.9 Å². The fourth-order valence-electron chi connectivity index (χ4n) is 3.12. The second-order valence-electron chi connectivity index (χ2n) is 5.92. The fourth-order valence-corrected chi connectivity index (χ4v) is 4.28. The van der Waals surface area contributed by atoms with Crippen molar-refractivity contribution in [3.63, 3.8) is 0 Å². The number of nitrogens with one attached hydrogen (secondary N) is 1. The first-order chi connectivity index (χ1) is 9.36. The zero-order valence-corrected chi connectivity index (χ0v) is 12.3. The Morgan fingerprint density at radius 3 is 2.84 bits per heavy atom. The van der Waals surface area contributed by atoms with Crippen molar-refractivity contribution in [3.8, 4) is 0 Å². The lowest BCUT2D eigenvalue weighted by molar-refractivity contribution is -0.0849. The highest BCUT2D eigenvalue weighted by atomic mass is 32.2. The number of aliphatic imine (C=N–C) groups is 1. The van der Waals surface area contributed by atoms with E-state index in [4.69, 9.17) is 14.5 Å². The van der Waals surface area contributed by atoms with Crippen LogP contribution in [0.15, 0.2) is 4.99 Å². The Kier molecular flexibility index (Phi) is 4.66. The SMILES string of the molecule is C1CCC2(CC1)CN=C(NCC1COCCO1)SC2. The van der Waals surface area contributed by atoms with Gasteiger partial charge in [0.1, 0.15) is 0 Å². The number of amidine groups is 1.